The topological polar surface area (TPSA) is 65.2 Å². The molecule has 0 amide bonds. The third-order valence-corrected chi connectivity index (χ3v) is 6.87. The fourth-order valence-electron chi connectivity index (χ4n) is 4.90. The molecule has 7 heteroatoms. The van der Waals surface area contributed by atoms with Gasteiger partial charge in [0, 0.05) is 74.2 Å². The van der Waals surface area contributed by atoms with Gasteiger partial charge in [0.25, 0.3) is 0 Å². The zero-order valence-corrected chi connectivity index (χ0v) is 19.8. The van der Waals surface area contributed by atoms with Gasteiger partial charge in [-0.3, -0.25) is 0 Å². The minimum absolute atomic E-state index is 0.208. The molecule has 3 N–H and O–H groups in total. The van der Waals surface area contributed by atoms with E-state index in [1.807, 2.05) is 12.1 Å². The van der Waals surface area contributed by atoms with Crippen molar-refractivity contribution >= 4 is 22.5 Å². The summed E-state index contributed by atoms with van der Waals surface area (Å²) in [5.74, 6) is 0.537. The minimum Gasteiger partial charge on any atom is -0.383 e. The lowest BCUT2D eigenvalue weighted by Crippen LogP contribution is -2.40. The summed E-state index contributed by atoms with van der Waals surface area (Å²) in [7, 11) is 1.76. The van der Waals surface area contributed by atoms with E-state index in [9.17, 15) is 4.39 Å². The van der Waals surface area contributed by atoms with E-state index in [1.165, 1.54) is 0 Å². The van der Waals surface area contributed by atoms with Gasteiger partial charge in [0.05, 0.1) is 6.61 Å². The van der Waals surface area contributed by atoms with Crippen molar-refractivity contribution in [2.24, 2.45) is 0 Å². The maximum atomic E-state index is 14.5. The zero-order valence-electron chi connectivity index (χ0n) is 19.8. The van der Waals surface area contributed by atoms with E-state index in [2.05, 4.69) is 43.7 Å². The van der Waals surface area contributed by atoms with Gasteiger partial charge < -0.3 is 25.3 Å². The highest BCUT2D eigenvalue weighted by molar-refractivity contribution is 6.03. The maximum Gasteiger partial charge on any atom is 0.138 e. The largest absolute Gasteiger partial charge is 0.383 e. The van der Waals surface area contributed by atoms with Crippen LogP contribution < -0.4 is 10.6 Å². The van der Waals surface area contributed by atoms with Crippen LogP contribution in [0.3, 0.4) is 0 Å². The van der Waals surface area contributed by atoms with Crippen molar-refractivity contribution in [3.05, 3.63) is 77.1 Å². The molecule has 3 heterocycles. The Morgan fingerprint density at radius 3 is 2.79 bits per heavy atom. The third-order valence-electron chi connectivity index (χ3n) is 6.87. The molecule has 0 radical (unpaired) electrons. The number of hydrogen-bond donors (Lipinski definition) is 3. The van der Waals surface area contributed by atoms with Crippen LogP contribution in [0.1, 0.15) is 35.4 Å². The van der Waals surface area contributed by atoms with E-state index < -0.39 is 0 Å². The Morgan fingerprint density at radius 2 is 2.06 bits per heavy atom. The van der Waals surface area contributed by atoms with Crippen LogP contribution in [-0.2, 0) is 4.74 Å². The molecule has 178 valence electrons. The summed E-state index contributed by atoms with van der Waals surface area (Å²) >= 11 is 0. The maximum absolute atomic E-state index is 14.5. The van der Waals surface area contributed by atoms with E-state index in [-0.39, 0.29) is 5.82 Å². The first kappa shape index (κ1) is 22.6. The molecule has 3 aromatic rings. The number of aromatic nitrogens is 2. The van der Waals surface area contributed by atoms with E-state index in [1.54, 1.807) is 32.5 Å². The fourth-order valence-corrected chi connectivity index (χ4v) is 4.90. The summed E-state index contributed by atoms with van der Waals surface area (Å²) in [6, 6.07) is 12.4. The molecule has 2 aliphatic rings. The molecule has 5 rings (SSSR count). The number of rotatable bonds is 7. The second-order valence-electron chi connectivity index (χ2n) is 9.12. The van der Waals surface area contributed by atoms with Gasteiger partial charge in [0.1, 0.15) is 11.6 Å². The monoisotopic (exact) mass is 461 g/mol. The first-order chi connectivity index (χ1) is 16.6. The lowest BCUT2D eigenvalue weighted by Gasteiger charge is -2.32. The number of fused-ring (bicyclic) bond motifs is 1. The van der Waals surface area contributed by atoms with E-state index in [0.717, 1.165) is 78.6 Å². The van der Waals surface area contributed by atoms with Crippen molar-refractivity contribution in [3.63, 3.8) is 0 Å². The SMILES string of the molecule is COCCN1CCC(Nc2ccc3c(c2)/C(=C(\c2ccc(C)c(F)c2)c2ncc[nH]2)CN3)CC1. The molecule has 2 aliphatic heterocycles. The summed E-state index contributed by atoms with van der Waals surface area (Å²) in [5.41, 5.74) is 6.84. The molecule has 34 heavy (non-hydrogen) atoms. The summed E-state index contributed by atoms with van der Waals surface area (Å²) in [4.78, 5) is 10.2. The Bertz CT molecular complexity index is 1170. The number of piperidine rings is 1. The molecular weight excluding hydrogens is 429 g/mol. The highest BCUT2D eigenvalue weighted by Gasteiger charge is 2.24. The zero-order chi connectivity index (χ0) is 23.5. The summed E-state index contributed by atoms with van der Waals surface area (Å²) < 4.78 is 19.7. The Labute approximate surface area is 200 Å². The van der Waals surface area contributed by atoms with Crippen LogP contribution in [0.5, 0.6) is 0 Å². The van der Waals surface area contributed by atoms with Crippen molar-refractivity contribution in [2.45, 2.75) is 25.8 Å². The third kappa shape index (κ3) is 4.72. The number of H-pyrrole nitrogens is 1. The number of imidazole rings is 1. The average Bonchev–Trinajstić information content (AvgIpc) is 3.52. The van der Waals surface area contributed by atoms with Crippen LogP contribution >= 0.6 is 0 Å². The van der Waals surface area contributed by atoms with Crippen LogP contribution in [0.2, 0.25) is 0 Å². The molecule has 0 bridgehead atoms. The molecule has 1 aromatic heterocycles. The molecule has 0 spiro atoms. The van der Waals surface area contributed by atoms with Crippen molar-refractivity contribution in [2.75, 3.05) is 50.5 Å². The van der Waals surface area contributed by atoms with Gasteiger partial charge >= 0.3 is 0 Å². The van der Waals surface area contributed by atoms with E-state index >= 15 is 0 Å². The van der Waals surface area contributed by atoms with Crippen molar-refractivity contribution < 1.29 is 9.13 Å². The van der Waals surface area contributed by atoms with E-state index in [0.29, 0.717) is 18.2 Å². The number of ether oxygens (including phenoxy) is 1. The molecule has 1 saturated heterocycles. The number of hydrogen-bond acceptors (Lipinski definition) is 5. The molecule has 2 aromatic carbocycles. The van der Waals surface area contributed by atoms with E-state index in [4.69, 9.17) is 4.74 Å². The van der Waals surface area contributed by atoms with Gasteiger partial charge in [0.2, 0.25) is 0 Å². The lowest BCUT2D eigenvalue weighted by atomic mass is 9.94. The highest BCUT2D eigenvalue weighted by Crippen LogP contribution is 2.40. The fraction of sp³-hybridized carbons (Fsp3) is 0.370. The number of anilines is 2. The van der Waals surface area contributed by atoms with Gasteiger partial charge in [-0.1, -0.05) is 12.1 Å². The predicted molar refractivity (Wildman–Crippen MR) is 136 cm³/mol. The van der Waals surface area contributed by atoms with Gasteiger partial charge in [-0.15, -0.1) is 0 Å². The second-order valence-corrected chi connectivity index (χ2v) is 9.12. The van der Waals surface area contributed by atoms with Crippen molar-refractivity contribution in [3.8, 4) is 0 Å². The van der Waals surface area contributed by atoms with Crippen LogP contribution in [0, 0.1) is 12.7 Å². The molecule has 0 atom stereocenters. The average molecular weight is 462 g/mol. The molecule has 6 nitrogen and oxygen atoms in total. The minimum atomic E-state index is -0.208. The molecular formula is C27H32FN5O. The first-order valence-corrected chi connectivity index (χ1v) is 12.0. The number of methoxy groups -OCH3 is 1. The van der Waals surface area contributed by atoms with Crippen LogP contribution in [0.15, 0.2) is 48.8 Å². The summed E-state index contributed by atoms with van der Waals surface area (Å²) in [5, 5.41) is 7.25. The van der Waals surface area contributed by atoms with Crippen LogP contribution in [-0.4, -0.2) is 60.8 Å². The Kier molecular flexibility index (Phi) is 6.65. The summed E-state index contributed by atoms with van der Waals surface area (Å²) in [6.07, 6.45) is 5.77. The molecule has 0 aliphatic carbocycles. The van der Waals surface area contributed by atoms with Gasteiger partial charge in [-0.05, 0) is 60.7 Å². The number of likely N-dealkylation sites (tertiary alicyclic amines) is 1. The van der Waals surface area contributed by atoms with Crippen LogP contribution in [0.4, 0.5) is 15.8 Å². The smallest absolute Gasteiger partial charge is 0.138 e. The van der Waals surface area contributed by atoms with Gasteiger partial charge in [-0.2, -0.15) is 0 Å². The van der Waals surface area contributed by atoms with Gasteiger partial charge in [-0.25, -0.2) is 9.37 Å². The van der Waals surface area contributed by atoms with Crippen molar-refractivity contribution in [1.29, 1.82) is 0 Å². The van der Waals surface area contributed by atoms with Crippen molar-refractivity contribution in [1.82, 2.24) is 14.9 Å². The van der Waals surface area contributed by atoms with Gasteiger partial charge in [0.15, 0.2) is 0 Å². The predicted octanol–water partition coefficient (Wildman–Crippen LogP) is 4.76. The molecule has 0 unspecified atom stereocenters. The highest BCUT2D eigenvalue weighted by atomic mass is 19.1. The Balaban J connectivity index is 1.43. The number of halogens is 1. The molecule has 0 saturated carbocycles. The first-order valence-electron chi connectivity index (χ1n) is 12.0. The quantitative estimate of drug-likeness (QED) is 0.473. The van der Waals surface area contributed by atoms with Crippen LogP contribution in [0.25, 0.3) is 11.1 Å². The number of nitrogens with one attached hydrogen (secondary N) is 3. The second kappa shape index (κ2) is 9.99. The number of nitrogens with zero attached hydrogens (tertiary/aromatic N) is 2. The number of aryl methyl sites for hydroxylation is 1. The lowest BCUT2D eigenvalue weighted by molar-refractivity contribution is 0.132. The number of aromatic amines is 1. The normalized spacial score (nSPS) is 18.0. The standard InChI is InChI=1S/C27H32FN5O/c1-18-3-4-19(15-24(18)28)26(27-29-9-10-30-27)23-17-31-25-6-5-21(16-22(23)25)32-20-7-11-33(12-8-20)13-14-34-2/h3-6,9-10,15-16,20,31-32H,7-8,11-14,17H2,1-2H3,(H,29,30)/b26-23+. The number of benzene rings is 2. The Morgan fingerprint density at radius 1 is 1.21 bits per heavy atom. The molecule has 1 fully saturated rings. The Hall–Kier alpha value is -3.16. The summed E-state index contributed by atoms with van der Waals surface area (Å²) in [6.45, 7) is 6.40.